The lowest BCUT2D eigenvalue weighted by Crippen LogP contribution is -2.17. The Morgan fingerprint density at radius 1 is 1.15 bits per heavy atom. The van der Waals surface area contributed by atoms with Crippen molar-refractivity contribution in [3.63, 3.8) is 0 Å². The highest BCUT2D eigenvalue weighted by Gasteiger charge is 2.14. The van der Waals surface area contributed by atoms with Crippen molar-refractivity contribution in [2.24, 2.45) is 0 Å². The summed E-state index contributed by atoms with van der Waals surface area (Å²) in [6, 6.07) is 9.94. The summed E-state index contributed by atoms with van der Waals surface area (Å²) in [5, 5.41) is 11.2. The molecule has 3 aromatic heterocycles. The molecule has 4 rings (SSSR count). The Morgan fingerprint density at radius 3 is 2.77 bits per heavy atom. The average Bonchev–Trinajstić information content (AvgIpc) is 3.25. The van der Waals surface area contributed by atoms with E-state index in [1.165, 1.54) is 16.4 Å². The van der Waals surface area contributed by atoms with Gasteiger partial charge in [0.2, 0.25) is 0 Å². The van der Waals surface area contributed by atoms with Crippen LogP contribution in [0.2, 0.25) is 0 Å². The number of rotatable bonds is 4. The van der Waals surface area contributed by atoms with Crippen LogP contribution in [0.25, 0.3) is 5.78 Å². The van der Waals surface area contributed by atoms with Gasteiger partial charge in [-0.1, -0.05) is 29.8 Å². The number of hydrogen-bond acceptors (Lipinski definition) is 5. The number of benzene rings is 1. The normalized spacial score (nSPS) is 11.0. The first kappa shape index (κ1) is 15.9. The van der Waals surface area contributed by atoms with Gasteiger partial charge in [-0.3, -0.25) is 9.48 Å². The van der Waals surface area contributed by atoms with E-state index in [0.717, 1.165) is 5.56 Å². The van der Waals surface area contributed by atoms with Crippen LogP contribution < -0.4 is 5.32 Å². The highest BCUT2D eigenvalue weighted by Crippen LogP contribution is 2.12. The standard InChI is InChI=1S/C18H17N7O/c1-12-3-5-14(6-4-12)9-24-10-15(8-20-24)23-17(26)16-7-13(2)22-18-19-11-21-25(16)18/h3-8,10-11H,9H2,1-2H3,(H,23,26). The molecule has 0 radical (unpaired) electrons. The number of aryl methyl sites for hydroxylation is 2. The van der Waals surface area contributed by atoms with Gasteiger partial charge >= 0.3 is 0 Å². The summed E-state index contributed by atoms with van der Waals surface area (Å²) in [6.07, 6.45) is 4.79. The summed E-state index contributed by atoms with van der Waals surface area (Å²) in [4.78, 5) is 20.9. The number of anilines is 1. The van der Waals surface area contributed by atoms with Crippen molar-refractivity contribution < 1.29 is 4.79 Å². The van der Waals surface area contributed by atoms with Gasteiger partial charge in [-0.25, -0.2) is 4.98 Å². The minimum atomic E-state index is -0.291. The number of carbonyl (C=O) groups is 1. The summed E-state index contributed by atoms with van der Waals surface area (Å²) in [5.41, 5.74) is 4.05. The summed E-state index contributed by atoms with van der Waals surface area (Å²) in [6.45, 7) is 4.50. The Bertz CT molecular complexity index is 1080. The lowest BCUT2D eigenvalue weighted by molar-refractivity contribution is 0.101. The van der Waals surface area contributed by atoms with Crippen molar-refractivity contribution in [2.75, 3.05) is 5.32 Å². The van der Waals surface area contributed by atoms with E-state index in [0.29, 0.717) is 29.4 Å². The fourth-order valence-electron chi connectivity index (χ4n) is 2.68. The van der Waals surface area contributed by atoms with Crippen LogP contribution in [-0.4, -0.2) is 35.3 Å². The number of carbonyl (C=O) groups excluding carboxylic acids is 1. The molecule has 8 heteroatoms. The van der Waals surface area contributed by atoms with Crippen molar-refractivity contribution in [1.82, 2.24) is 29.4 Å². The van der Waals surface area contributed by atoms with Crippen LogP contribution >= 0.6 is 0 Å². The van der Waals surface area contributed by atoms with Crippen LogP contribution in [0.5, 0.6) is 0 Å². The zero-order chi connectivity index (χ0) is 18.1. The third-order valence-corrected chi connectivity index (χ3v) is 3.97. The van der Waals surface area contributed by atoms with Crippen LogP contribution in [0.1, 0.15) is 27.3 Å². The molecule has 4 aromatic rings. The Labute approximate surface area is 149 Å². The summed E-state index contributed by atoms with van der Waals surface area (Å²) in [7, 11) is 0. The van der Waals surface area contributed by atoms with E-state index < -0.39 is 0 Å². The third-order valence-electron chi connectivity index (χ3n) is 3.97. The lowest BCUT2D eigenvalue weighted by Gasteiger charge is -2.05. The fourth-order valence-corrected chi connectivity index (χ4v) is 2.68. The first-order chi connectivity index (χ1) is 12.6. The van der Waals surface area contributed by atoms with Crippen molar-refractivity contribution in [2.45, 2.75) is 20.4 Å². The number of nitrogens with zero attached hydrogens (tertiary/aromatic N) is 6. The Morgan fingerprint density at radius 2 is 1.96 bits per heavy atom. The van der Waals surface area contributed by atoms with Crippen molar-refractivity contribution in [3.8, 4) is 0 Å². The molecule has 3 heterocycles. The first-order valence-corrected chi connectivity index (χ1v) is 8.15. The molecule has 0 atom stereocenters. The second-order valence-corrected chi connectivity index (χ2v) is 6.12. The largest absolute Gasteiger partial charge is 0.318 e. The van der Waals surface area contributed by atoms with Gasteiger partial charge < -0.3 is 5.32 Å². The van der Waals surface area contributed by atoms with Gasteiger partial charge in [0.25, 0.3) is 11.7 Å². The molecule has 0 aliphatic heterocycles. The van der Waals surface area contributed by atoms with E-state index in [2.05, 4.69) is 56.7 Å². The van der Waals surface area contributed by atoms with Crippen LogP contribution in [0.15, 0.2) is 49.1 Å². The smallest absolute Gasteiger partial charge is 0.274 e. The van der Waals surface area contributed by atoms with E-state index in [1.54, 1.807) is 23.1 Å². The summed E-state index contributed by atoms with van der Waals surface area (Å²) in [5.74, 6) is 0.103. The highest BCUT2D eigenvalue weighted by atomic mass is 16.2. The number of aromatic nitrogens is 6. The lowest BCUT2D eigenvalue weighted by atomic mass is 10.1. The van der Waals surface area contributed by atoms with Gasteiger partial charge in [-0.2, -0.15) is 19.7 Å². The number of nitrogens with one attached hydrogen (secondary N) is 1. The van der Waals surface area contributed by atoms with Crippen molar-refractivity contribution in [3.05, 3.63) is 71.6 Å². The minimum Gasteiger partial charge on any atom is -0.318 e. The van der Waals surface area contributed by atoms with E-state index in [-0.39, 0.29) is 5.91 Å². The molecule has 0 spiro atoms. The molecule has 0 saturated carbocycles. The second-order valence-electron chi connectivity index (χ2n) is 6.12. The average molecular weight is 347 g/mol. The van der Waals surface area contributed by atoms with Gasteiger partial charge in [-0.05, 0) is 25.5 Å². The van der Waals surface area contributed by atoms with E-state index in [4.69, 9.17) is 0 Å². The molecule has 0 aliphatic carbocycles. The minimum absolute atomic E-state index is 0.291. The van der Waals surface area contributed by atoms with Gasteiger partial charge in [0.05, 0.1) is 18.4 Å². The molecular formula is C18H17N7O. The van der Waals surface area contributed by atoms with Crippen LogP contribution in [-0.2, 0) is 6.54 Å². The molecule has 1 N–H and O–H groups in total. The number of fused-ring (bicyclic) bond motifs is 1. The number of hydrogen-bond donors (Lipinski definition) is 1. The molecule has 26 heavy (non-hydrogen) atoms. The molecule has 0 unspecified atom stereocenters. The molecule has 1 aromatic carbocycles. The Hall–Kier alpha value is -3.55. The van der Waals surface area contributed by atoms with Crippen LogP contribution in [0.3, 0.4) is 0 Å². The molecule has 130 valence electrons. The summed E-state index contributed by atoms with van der Waals surface area (Å²) >= 11 is 0. The molecule has 0 fully saturated rings. The first-order valence-electron chi connectivity index (χ1n) is 8.15. The third kappa shape index (κ3) is 3.16. The maximum absolute atomic E-state index is 12.6. The monoisotopic (exact) mass is 347 g/mol. The molecule has 0 aliphatic rings. The molecule has 0 bridgehead atoms. The van der Waals surface area contributed by atoms with Gasteiger partial charge in [0.15, 0.2) is 0 Å². The van der Waals surface area contributed by atoms with E-state index in [1.807, 2.05) is 6.92 Å². The van der Waals surface area contributed by atoms with Crippen molar-refractivity contribution >= 4 is 17.4 Å². The van der Waals surface area contributed by atoms with Crippen molar-refractivity contribution in [1.29, 1.82) is 0 Å². The Balaban J connectivity index is 1.52. The maximum Gasteiger partial charge on any atom is 0.274 e. The SMILES string of the molecule is Cc1ccc(Cn2cc(NC(=O)c3cc(C)nc4ncnn34)cn2)cc1. The fraction of sp³-hybridized carbons (Fsp3) is 0.167. The highest BCUT2D eigenvalue weighted by molar-refractivity contribution is 6.03. The predicted molar refractivity (Wildman–Crippen MR) is 96.0 cm³/mol. The number of amides is 1. The summed E-state index contributed by atoms with van der Waals surface area (Å²) < 4.78 is 3.20. The second kappa shape index (κ2) is 6.40. The zero-order valence-electron chi connectivity index (χ0n) is 14.4. The topological polar surface area (TPSA) is 90.0 Å². The van der Waals surface area contributed by atoms with Gasteiger partial charge in [-0.15, -0.1) is 0 Å². The quantitative estimate of drug-likeness (QED) is 0.611. The van der Waals surface area contributed by atoms with Gasteiger partial charge in [0, 0.05) is 11.9 Å². The zero-order valence-corrected chi connectivity index (χ0v) is 14.4. The molecule has 8 nitrogen and oxygen atoms in total. The molecule has 0 saturated heterocycles. The van der Waals surface area contributed by atoms with Gasteiger partial charge in [0.1, 0.15) is 12.0 Å². The van der Waals surface area contributed by atoms with E-state index >= 15 is 0 Å². The molecule has 1 amide bonds. The van der Waals surface area contributed by atoms with Crippen LogP contribution in [0.4, 0.5) is 5.69 Å². The molecular weight excluding hydrogens is 330 g/mol. The predicted octanol–water partition coefficient (Wildman–Crippen LogP) is 2.24. The van der Waals surface area contributed by atoms with E-state index in [9.17, 15) is 4.79 Å². The maximum atomic E-state index is 12.6. The Kier molecular flexibility index (Phi) is 3.92. The van der Waals surface area contributed by atoms with Crippen LogP contribution in [0, 0.1) is 13.8 Å².